The van der Waals surface area contributed by atoms with Gasteiger partial charge in [-0.1, -0.05) is 5.92 Å². The topological polar surface area (TPSA) is 120 Å². The Morgan fingerprint density at radius 2 is 2.08 bits per heavy atom. The molecule has 1 saturated heterocycles. The van der Waals surface area contributed by atoms with E-state index in [0.717, 1.165) is 18.4 Å². The fourth-order valence-corrected chi connectivity index (χ4v) is 4.92. The molecule has 1 aromatic carbocycles. The van der Waals surface area contributed by atoms with Crippen molar-refractivity contribution in [2.24, 2.45) is 5.73 Å². The number of nitrogens with one attached hydrogen (secondary N) is 1. The van der Waals surface area contributed by atoms with E-state index in [0.29, 0.717) is 30.4 Å². The maximum absolute atomic E-state index is 14.9. The van der Waals surface area contributed by atoms with Crippen LogP contribution in [0.15, 0.2) is 18.5 Å². The number of nitrogens with zero attached hydrogens (tertiary/aromatic N) is 5. The Kier molecular flexibility index (Phi) is 6.32. The molecule has 5 rings (SSSR count). The van der Waals surface area contributed by atoms with Crippen LogP contribution >= 0.6 is 0 Å². The lowest BCUT2D eigenvalue weighted by Gasteiger charge is -2.21. The van der Waals surface area contributed by atoms with Gasteiger partial charge >= 0.3 is 0 Å². The van der Waals surface area contributed by atoms with Gasteiger partial charge in [-0.25, -0.2) is 14.1 Å². The van der Waals surface area contributed by atoms with Gasteiger partial charge in [0.2, 0.25) is 0 Å². The molecule has 2 amide bonds. The van der Waals surface area contributed by atoms with Gasteiger partial charge < -0.3 is 25.3 Å². The lowest BCUT2D eigenvalue weighted by Crippen LogP contribution is -2.37. The number of anilines is 1. The van der Waals surface area contributed by atoms with Crippen molar-refractivity contribution in [2.45, 2.75) is 37.4 Å². The number of rotatable bonds is 6. The lowest BCUT2D eigenvalue weighted by molar-refractivity contribution is -0.126. The second kappa shape index (κ2) is 9.60. The first-order chi connectivity index (χ1) is 17.9. The molecule has 1 saturated carbocycles. The highest BCUT2D eigenvalue weighted by Gasteiger charge is 2.38. The molecule has 2 atom stereocenters. The van der Waals surface area contributed by atoms with Crippen molar-refractivity contribution in [3.63, 3.8) is 0 Å². The van der Waals surface area contributed by atoms with E-state index < -0.39 is 17.6 Å². The van der Waals surface area contributed by atoms with E-state index in [4.69, 9.17) is 16.9 Å². The van der Waals surface area contributed by atoms with E-state index in [1.54, 1.807) is 36.1 Å². The number of halogens is 1. The predicted molar refractivity (Wildman–Crippen MR) is 134 cm³/mol. The van der Waals surface area contributed by atoms with Gasteiger partial charge in [-0.3, -0.25) is 9.59 Å². The van der Waals surface area contributed by atoms with Crippen LogP contribution in [0.4, 0.5) is 10.2 Å². The van der Waals surface area contributed by atoms with Crippen LogP contribution in [0.1, 0.15) is 53.0 Å². The summed E-state index contributed by atoms with van der Waals surface area (Å²) in [6, 6.07) is 2.83. The Labute approximate surface area is 212 Å². The molecule has 3 aromatic rings. The van der Waals surface area contributed by atoms with Crippen LogP contribution in [0.5, 0.6) is 0 Å². The molecule has 1 aliphatic carbocycles. The molecule has 10 nitrogen and oxygen atoms in total. The lowest BCUT2D eigenvalue weighted by atomic mass is 10.1. The molecule has 0 radical (unpaired) electrons. The van der Waals surface area contributed by atoms with E-state index in [9.17, 15) is 14.0 Å². The standard InChI is InChI=1S/C26H26FN7O3/c1-4-23(35)32-12-17(10-18(32)13-37-3)34-26(29-2)24(25(28)36)20(31-34)8-5-15-9-21-22(11-19(15)27)33(14-30-21)16-6-7-16/h1,9,11,14,16-18,29H,6-7,10,12-13H2,2-3H3,(H2,28,36)/t17?,18-/m1/s1. The number of carbonyl (C=O) groups is 2. The number of aromatic nitrogens is 4. The molecule has 3 heterocycles. The highest BCUT2D eigenvalue weighted by molar-refractivity contribution is 6.00. The second-order valence-corrected chi connectivity index (χ2v) is 9.19. The quantitative estimate of drug-likeness (QED) is 0.494. The monoisotopic (exact) mass is 503 g/mol. The van der Waals surface area contributed by atoms with E-state index in [-0.39, 0.29) is 35.4 Å². The van der Waals surface area contributed by atoms with Crippen LogP contribution in [0.2, 0.25) is 0 Å². The number of ether oxygens (including phenoxy) is 1. The molecule has 0 spiro atoms. The summed E-state index contributed by atoms with van der Waals surface area (Å²) < 4.78 is 23.8. The van der Waals surface area contributed by atoms with Crippen molar-refractivity contribution in [3.8, 4) is 24.2 Å². The number of amides is 2. The normalized spacial score (nSPS) is 18.9. The Balaban J connectivity index is 1.52. The number of likely N-dealkylation sites (tertiary alicyclic amines) is 1. The maximum atomic E-state index is 14.9. The van der Waals surface area contributed by atoms with Crippen molar-refractivity contribution >= 4 is 28.7 Å². The third-order valence-corrected chi connectivity index (χ3v) is 6.79. The van der Waals surface area contributed by atoms with E-state index in [1.165, 1.54) is 6.07 Å². The molecule has 37 heavy (non-hydrogen) atoms. The van der Waals surface area contributed by atoms with Gasteiger partial charge in [0, 0.05) is 32.8 Å². The summed E-state index contributed by atoms with van der Waals surface area (Å²) in [6.45, 7) is 0.571. The zero-order chi connectivity index (χ0) is 26.3. The van der Waals surface area contributed by atoms with Gasteiger partial charge in [0.25, 0.3) is 11.8 Å². The number of carbonyl (C=O) groups excluding carboxylic acids is 2. The van der Waals surface area contributed by atoms with Gasteiger partial charge in [0.15, 0.2) is 5.69 Å². The third-order valence-electron chi connectivity index (χ3n) is 6.79. The molecule has 3 N–H and O–H groups in total. The summed E-state index contributed by atoms with van der Waals surface area (Å²) in [6.07, 6.45) is 9.68. The molecule has 1 unspecified atom stereocenters. The van der Waals surface area contributed by atoms with Crippen molar-refractivity contribution in [2.75, 3.05) is 32.6 Å². The minimum Gasteiger partial charge on any atom is -0.383 e. The average molecular weight is 504 g/mol. The molecule has 0 bridgehead atoms. The predicted octanol–water partition coefficient (Wildman–Crippen LogP) is 1.67. The minimum absolute atomic E-state index is 0.0829. The van der Waals surface area contributed by atoms with Crippen LogP contribution in [-0.2, 0) is 9.53 Å². The van der Waals surface area contributed by atoms with Gasteiger partial charge in [-0.05, 0) is 37.2 Å². The fourth-order valence-electron chi connectivity index (χ4n) is 4.92. The zero-order valence-electron chi connectivity index (χ0n) is 20.5. The number of fused-ring (bicyclic) bond motifs is 1. The van der Waals surface area contributed by atoms with E-state index in [2.05, 4.69) is 33.2 Å². The number of terminal acetylenes is 1. The number of hydrogen-bond donors (Lipinski definition) is 2. The summed E-state index contributed by atoms with van der Waals surface area (Å²) in [7, 11) is 3.18. The number of imidazole rings is 1. The van der Waals surface area contributed by atoms with E-state index in [1.807, 2.05) is 4.57 Å². The molecular formula is C26H26FN7O3. The summed E-state index contributed by atoms with van der Waals surface area (Å²) in [4.78, 5) is 30.6. The first-order valence-electron chi connectivity index (χ1n) is 11.9. The van der Waals surface area contributed by atoms with Gasteiger partial charge in [0.1, 0.15) is 17.2 Å². The van der Waals surface area contributed by atoms with Crippen LogP contribution in [0.3, 0.4) is 0 Å². The van der Waals surface area contributed by atoms with Crippen LogP contribution in [0, 0.1) is 30.0 Å². The first-order valence-corrected chi connectivity index (χ1v) is 11.9. The van der Waals surface area contributed by atoms with Crippen molar-refractivity contribution in [1.82, 2.24) is 24.2 Å². The van der Waals surface area contributed by atoms with Crippen molar-refractivity contribution < 1.29 is 18.7 Å². The second-order valence-electron chi connectivity index (χ2n) is 9.19. The van der Waals surface area contributed by atoms with Crippen LogP contribution in [0.25, 0.3) is 11.0 Å². The Hall–Kier alpha value is -4.35. The molecule has 2 fully saturated rings. The van der Waals surface area contributed by atoms with Crippen molar-refractivity contribution in [3.05, 3.63) is 41.1 Å². The zero-order valence-corrected chi connectivity index (χ0v) is 20.5. The van der Waals surface area contributed by atoms with Crippen molar-refractivity contribution in [1.29, 1.82) is 0 Å². The number of benzene rings is 1. The molecular weight excluding hydrogens is 477 g/mol. The molecule has 1 aliphatic heterocycles. The van der Waals surface area contributed by atoms with Gasteiger partial charge in [-0.15, -0.1) is 6.42 Å². The highest BCUT2D eigenvalue weighted by Crippen LogP contribution is 2.37. The van der Waals surface area contributed by atoms with Gasteiger partial charge in [-0.2, -0.15) is 5.10 Å². The summed E-state index contributed by atoms with van der Waals surface area (Å²) in [5.74, 6) is 6.44. The first kappa shape index (κ1) is 24.3. The minimum atomic E-state index is -0.734. The molecule has 2 aliphatic rings. The highest BCUT2D eigenvalue weighted by atomic mass is 19.1. The molecule has 11 heteroatoms. The number of primary amides is 1. The maximum Gasteiger partial charge on any atom is 0.298 e. The molecule has 190 valence electrons. The summed E-state index contributed by atoms with van der Waals surface area (Å²) in [5, 5.41) is 7.52. The number of hydrogen-bond acceptors (Lipinski definition) is 6. The van der Waals surface area contributed by atoms with E-state index >= 15 is 0 Å². The largest absolute Gasteiger partial charge is 0.383 e. The number of methoxy groups -OCH3 is 1. The summed E-state index contributed by atoms with van der Waals surface area (Å²) in [5.41, 5.74) is 7.37. The van der Waals surface area contributed by atoms with Crippen LogP contribution < -0.4 is 11.1 Å². The number of nitrogens with two attached hydrogens (primary N) is 1. The fraction of sp³-hybridized carbons (Fsp3) is 0.385. The SMILES string of the molecule is C#CC(=O)N1CC(n2nc(C#Cc3cc4ncn(C5CC5)c4cc3F)c(C(N)=O)c2NC)C[C@@H]1COC. The average Bonchev–Trinajstić information content (AvgIpc) is 3.33. The Morgan fingerprint density at radius 3 is 2.73 bits per heavy atom. The van der Waals surface area contributed by atoms with Crippen LogP contribution in [-0.4, -0.2) is 69.4 Å². The third kappa shape index (κ3) is 4.39. The smallest absolute Gasteiger partial charge is 0.298 e. The molecule has 2 aromatic heterocycles. The van der Waals surface area contributed by atoms with Gasteiger partial charge in [0.05, 0.1) is 41.6 Å². The summed E-state index contributed by atoms with van der Waals surface area (Å²) >= 11 is 0. The Bertz CT molecular complexity index is 1500. The Morgan fingerprint density at radius 1 is 1.30 bits per heavy atom.